The minimum Gasteiger partial charge on any atom is -0.384 e. The first-order valence-corrected chi connectivity index (χ1v) is 5.62. The van der Waals surface area contributed by atoms with Crippen molar-refractivity contribution in [3.8, 4) is 0 Å². The van der Waals surface area contributed by atoms with Gasteiger partial charge in [-0.1, -0.05) is 13.8 Å². The number of nitrogens with one attached hydrogen (secondary N) is 2. The van der Waals surface area contributed by atoms with Crippen molar-refractivity contribution in [1.29, 1.82) is 0 Å². The number of hydrogen-bond donors (Lipinski definition) is 2. The van der Waals surface area contributed by atoms with Gasteiger partial charge in [-0.05, 0) is 24.9 Å². The summed E-state index contributed by atoms with van der Waals surface area (Å²) in [6.45, 7) is 7.42. The van der Waals surface area contributed by atoms with Gasteiger partial charge in [0.2, 0.25) is 5.91 Å². The van der Waals surface area contributed by atoms with Gasteiger partial charge in [-0.15, -0.1) is 0 Å². The molecule has 2 unspecified atom stereocenters. The Morgan fingerprint density at radius 2 is 2.20 bits per heavy atom. The van der Waals surface area contributed by atoms with Crippen LogP contribution in [0.15, 0.2) is 0 Å². The van der Waals surface area contributed by atoms with Crippen molar-refractivity contribution in [2.45, 2.75) is 13.8 Å². The zero-order valence-corrected chi connectivity index (χ0v) is 9.88. The Morgan fingerprint density at radius 3 is 2.67 bits per heavy atom. The Labute approximate surface area is 91.8 Å². The highest BCUT2D eigenvalue weighted by Gasteiger charge is 2.28. The van der Waals surface area contributed by atoms with Crippen LogP contribution < -0.4 is 10.6 Å². The minimum absolute atomic E-state index is 0.126. The second-order valence-corrected chi connectivity index (χ2v) is 4.51. The van der Waals surface area contributed by atoms with Gasteiger partial charge in [-0.25, -0.2) is 0 Å². The quantitative estimate of drug-likeness (QED) is 0.666. The summed E-state index contributed by atoms with van der Waals surface area (Å²) in [6.07, 6.45) is 0. The van der Waals surface area contributed by atoms with E-state index >= 15 is 0 Å². The van der Waals surface area contributed by atoms with Gasteiger partial charge < -0.3 is 15.4 Å². The molecule has 15 heavy (non-hydrogen) atoms. The van der Waals surface area contributed by atoms with Gasteiger partial charge in [-0.3, -0.25) is 4.79 Å². The lowest BCUT2D eigenvalue weighted by Gasteiger charge is -2.31. The third-order valence-electron chi connectivity index (χ3n) is 3.01. The fourth-order valence-corrected chi connectivity index (χ4v) is 1.66. The van der Waals surface area contributed by atoms with E-state index in [0.717, 1.165) is 13.1 Å². The van der Waals surface area contributed by atoms with Crippen LogP contribution >= 0.6 is 0 Å². The van der Waals surface area contributed by atoms with Crippen LogP contribution in [-0.2, 0) is 9.53 Å². The molecule has 1 fully saturated rings. The first-order valence-electron chi connectivity index (χ1n) is 5.62. The van der Waals surface area contributed by atoms with Crippen LogP contribution in [0, 0.1) is 17.8 Å². The van der Waals surface area contributed by atoms with Crippen LogP contribution in [0.2, 0.25) is 0 Å². The molecule has 88 valence electrons. The molecule has 0 radical (unpaired) electrons. The van der Waals surface area contributed by atoms with E-state index in [2.05, 4.69) is 17.6 Å². The molecule has 4 heteroatoms. The van der Waals surface area contributed by atoms with Crippen molar-refractivity contribution in [1.82, 2.24) is 10.6 Å². The molecule has 1 rings (SSSR count). The lowest BCUT2D eigenvalue weighted by molar-refractivity contribution is -0.126. The Kier molecular flexibility index (Phi) is 5.05. The third-order valence-corrected chi connectivity index (χ3v) is 3.01. The molecule has 1 heterocycles. The predicted octanol–water partition coefficient (Wildman–Crippen LogP) is 0.241. The lowest BCUT2D eigenvalue weighted by atomic mass is 9.88. The van der Waals surface area contributed by atoms with Crippen molar-refractivity contribution >= 4 is 5.91 Å². The molecule has 4 nitrogen and oxygen atoms in total. The number of carbonyl (C=O) groups excluding carboxylic acids is 1. The molecule has 0 spiro atoms. The van der Waals surface area contributed by atoms with Crippen molar-refractivity contribution in [3.05, 3.63) is 0 Å². The van der Waals surface area contributed by atoms with Crippen LogP contribution in [0.4, 0.5) is 0 Å². The fourth-order valence-electron chi connectivity index (χ4n) is 1.66. The van der Waals surface area contributed by atoms with Gasteiger partial charge in [0.1, 0.15) is 0 Å². The summed E-state index contributed by atoms with van der Waals surface area (Å²) in [4.78, 5) is 11.7. The molecule has 0 aromatic carbocycles. The Hall–Kier alpha value is -0.610. The maximum absolute atomic E-state index is 11.7. The Bertz CT molecular complexity index is 205. The smallest absolute Gasteiger partial charge is 0.223 e. The third kappa shape index (κ3) is 3.80. The van der Waals surface area contributed by atoms with Gasteiger partial charge >= 0.3 is 0 Å². The van der Waals surface area contributed by atoms with Crippen LogP contribution in [-0.4, -0.2) is 39.3 Å². The van der Waals surface area contributed by atoms with E-state index < -0.39 is 0 Å². The van der Waals surface area contributed by atoms with E-state index in [1.807, 2.05) is 6.92 Å². The Balaban J connectivity index is 2.16. The zero-order valence-electron chi connectivity index (χ0n) is 9.88. The molecule has 2 N–H and O–H groups in total. The van der Waals surface area contributed by atoms with Gasteiger partial charge in [0.25, 0.3) is 0 Å². The van der Waals surface area contributed by atoms with E-state index in [1.165, 1.54) is 0 Å². The predicted molar refractivity (Wildman–Crippen MR) is 59.6 cm³/mol. The summed E-state index contributed by atoms with van der Waals surface area (Å²) in [5, 5.41) is 6.15. The SMILES string of the molecule is COCC(C)CNC(=O)C(C)C1CNC1. The standard InChI is InChI=1S/C11H22N2O2/c1-8(7-15-3)4-13-11(14)9(2)10-5-12-6-10/h8-10,12H,4-7H2,1-3H3,(H,13,14). The summed E-state index contributed by atoms with van der Waals surface area (Å²) < 4.78 is 5.01. The monoisotopic (exact) mass is 214 g/mol. The second-order valence-electron chi connectivity index (χ2n) is 4.51. The molecule has 1 amide bonds. The average molecular weight is 214 g/mol. The maximum atomic E-state index is 11.7. The number of methoxy groups -OCH3 is 1. The van der Waals surface area contributed by atoms with Crippen LogP contribution in [0.3, 0.4) is 0 Å². The van der Waals surface area contributed by atoms with Crippen LogP contribution in [0.25, 0.3) is 0 Å². The molecule has 0 bridgehead atoms. The fraction of sp³-hybridized carbons (Fsp3) is 0.909. The van der Waals surface area contributed by atoms with E-state index in [4.69, 9.17) is 4.74 Å². The van der Waals surface area contributed by atoms with Crippen molar-refractivity contribution in [3.63, 3.8) is 0 Å². The molecule has 1 aliphatic heterocycles. The number of hydrogen-bond acceptors (Lipinski definition) is 3. The number of amides is 1. The van der Waals surface area contributed by atoms with Gasteiger partial charge in [0.05, 0.1) is 6.61 Å². The highest BCUT2D eigenvalue weighted by atomic mass is 16.5. The molecular formula is C11H22N2O2. The second kappa shape index (κ2) is 6.08. The molecular weight excluding hydrogens is 192 g/mol. The largest absolute Gasteiger partial charge is 0.384 e. The molecule has 1 saturated heterocycles. The van der Waals surface area contributed by atoms with Crippen molar-refractivity contribution in [2.24, 2.45) is 17.8 Å². The van der Waals surface area contributed by atoms with Crippen molar-refractivity contribution in [2.75, 3.05) is 33.4 Å². The molecule has 1 aliphatic rings. The van der Waals surface area contributed by atoms with Gasteiger partial charge in [-0.2, -0.15) is 0 Å². The van der Waals surface area contributed by atoms with Crippen LogP contribution in [0.5, 0.6) is 0 Å². The molecule has 2 atom stereocenters. The number of carbonyl (C=O) groups is 1. The first-order chi connectivity index (χ1) is 7.15. The first kappa shape index (κ1) is 12.5. The van der Waals surface area contributed by atoms with Gasteiger partial charge in [0.15, 0.2) is 0 Å². The summed E-state index contributed by atoms with van der Waals surface area (Å²) in [5.41, 5.74) is 0. The molecule has 0 aromatic heterocycles. The van der Waals surface area contributed by atoms with E-state index in [9.17, 15) is 4.79 Å². The molecule has 0 aromatic rings. The summed E-state index contributed by atoms with van der Waals surface area (Å²) >= 11 is 0. The maximum Gasteiger partial charge on any atom is 0.223 e. The summed E-state index contributed by atoms with van der Waals surface area (Å²) in [7, 11) is 1.68. The summed E-state index contributed by atoms with van der Waals surface area (Å²) in [5.74, 6) is 1.19. The Morgan fingerprint density at radius 1 is 1.53 bits per heavy atom. The highest BCUT2D eigenvalue weighted by molar-refractivity contribution is 5.78. The topological polar surface area (TPSA) is 50.4 Å². The normalized spacial score (nSPS) is 20.5. The number of ether oxygens (including phenoxy) is 1. The minimum atomic E-state index is 0.126. The molecule has 0 aliphatic carbocycles. The van der Waals surface area contributed by atoms with Crippen LogP contribution in [0.1, 0.15) is 13.8 Å². The highest BCUT2D eigenvalue weighted by Crippen LogP contribution is 2.15. The van der Waals surface area contributed by atoms with E-state index in [1.54, 1.807) is 7.11 Å². The van der Waals surface area contributed by atoms with Crippen molar-refractivity contribution < 1.29 is 9.53 Å². The molecule has 0 saturated carbocycles. The number of rotatable bonds is 6. The summed E-state index contributed by atoms with van der Waals surface area (Å²) in [6, 6.07) is 0. The zero-order chi connectivity index (χ0) is 11.3. The van der Waals surface area contributed by atoms with E-state index in [-0.39, 0.29) is 11.8 Å². The van der Waals surface area contributed by atoms with E-state index in [0.29, 0.717) is 25.0 Å². The van der Waals surface area contributed by atoms with Gasteiger partial charge in [0, 0.05) is 19.6 Å². The average Bonchev–Trinajstić information content (AvgIpc) is 2.11. The lowest BCUT2D eigenvalue weighted by Crippen LogP contribution is -2.50.